The van der Waals surface area contributed by atoms with Gasteiger partial charge < -0.3 is 19.3 Å². The van der Waals surface area contributed by atoms with Crippen LogP contribution in [0.1, 0.15) is 58.3 Å². The van der Waals surface area contributed by atoms with Crippen molar-refractivity contribution in [2.24, 2.45) is 34.5 Å². The summed E-state index contributed by atoms with van der Waals surface area (Å²) in [5.74, 6) is -1.91. The molecule has 0 amide bonds. The molecule has 1 N–H and O–H groups in total. The molecule has 0 radical (unpaired) electrons. The van der Waals surface area contributed by atoms with Gasteiger partial charge >= 0.3 is 5.97 Å². The van der Waals surface area contributed by atoms with Gasteiger partial charge in [0.25, 0.3) is 0 Å². The first-order chi connectivity index (χ1) is 17.7. The molecule has 5 aliphatic rings. The number of Topliss-reactive ketones (excluding diaryl/α,β-unsaturated/α-hetero) is 1. The summed E-state index contributed by atoms with van der Waals surface area (Å²) in [4.78, 5) is 28.3. The molecule has 4 aliphatic carbocycles. The van der Waals surface area contributed by atoms with Crippen LogP contribution in [0.5, 0.6) is 0 Å². The van der Waals surface area contributed by atoms with Gasteiger partial charge in [-0.2, -0.15) is 0 Å². The number of hydrogen-bond acceptors (Lipinski definition) is 6. The van der Waals surface area contributed by atoms with Crippen LogP contribution >= 0.6 is 23.2 Å². The molecule has 1 saturated heterocycles. The summed E-state index contributed by atoms with van der Waals surface area (Å²) in [6.45, 7) is 12.1. The van der Waals surface area contributed by atoms with Gasteiger partial charge in [-0.05, 0) is 73.6 Å². The molecular formula is C30H34Cl2O6. The number of allylic oxidation sites excluding steroid dienone is 1. The van der Waals surface area contributed by atoms with E-state index in [0.717, 1.165) is 6.42 Å². The Morgan fingerprint density at radius 3 is 2.47 bits per heavy atom. The number of ketones is 1. The molecule has 6 rings (SSSR count). The lowest BCUT2D eigenvalue weighted by Crippen LogP contribution is -2.68. The van der Waals surface area contributed by atoms with E-state index in [4.69, 9.17) is 37.4 Å². The first kappa shape index (κ1) is 26.5. The van der Waals surface area contributed by atoms with Crippen molar-refractivity contribution in [2.45, 2.75) is 71.6 Å². The van der Waals surface area contributed by atoms with Gasteiger partial charge in [-0.15, -0.1) is 0 Å². The molecule has 0 unspecified atom stereocenters. The minimum atomic E-state index is -1.89. The summed E-state index contributed by atoms with van der Waals surface area (Å²) < 4.78 is 18.5. The number of esters is 1. The smallest absolute Gasteiger partial charge is 0.341 e. The number of benzene rings is 1. The normalized spacial score (nSPS) is 42.0. The molecule has 38 heavy (non-hydrogen) atoms. The van der Waals surface area contributed by atoms with Crippen molar-refractivity contribution in [3.63, 3.8) is 0 Å². The molecular weight excluding hydrogens is 527 g/mol. The highest BCUT2D eigenvalue weighted by Gasteiger charge is 2.77. The van der Waals surface area contributed by atoms with E-state index in [0.29, 0.717) is 17.1 Å². The Labute approximate surface area is 233 Å². The molecule has 1 aromatic carbocycles. The predicted octanol–water partition coefficient (Wildman–Crippen LogP) is 5.79. The average Bonchev–Trinajstić information content (AvgIpc) is 3.31. The first-order valence-electron chi connectivity index (χ1n) is 13.3. The quantitative estimate of drug-likeness (QED) is 0.364. The summed E-state index contributed by atoms with van der Waals surface area (Å²) in [6, 6.07) is 4.76. The van der Waals surface area contributed by atoms with Crippen LogP contribution < -0.4 is 0 Å². The van der Waals surface area contributed by atoms with Crippen molar-refractivity contribution < 1.29 is 28.9 Å². The highest BCUT2D eigenvalue weighted by Crippen LogP contribution is 2.72. The lowest BCUT2D eigenvalue weighted by atomic mass is 9.59. The van der Waals surface area contributed by atoms with Crippen LogP contribution in [0.4, 0.5) is 0 Å². The summed E-state index contributed by atoms with van der Waals surface area (Å²) in [7, 11) is 0. The van der Waals surface area contributed by atoms with Crippen LogP contribution in [0.25, 0.3) is 0 Å². The summed E-state index contributed by atoms with van der Waals surface area (Å²) in [5, 5.41) is 13.3. The summed E-state index contributed by atoms with van der Waals surface area (Å²) in [5.41, 5.74) is -1.84. The van der Waals surface area contributed by atoms with Gasteiger partial charge in [-0.3, -0.25) is 4.79 Å². The van der Waals surface area contributed by atoms with Gasteiger partial charge in [0, 0.05) is 5.92 Å². The molecule has 0 aromatic heterocycles. The molecule has 3 fully saturated rings. The van der Waals surface area contributed by atoms with Gasteiger partial charge in [0.2, 0.25) is 0 Å². The molecule has 6 nitrogen and oxygen atoms in total. The van der Waals surface area contributed by atoms with Crippen molar-refractivity contribution in [1.82, 2.24) is 0 Å². The van der Waals surface area contributed by atoms with Crippen molar-refractivity contribution in [3.05, 3.63) is 57.1 Å². The molecule has 1 heterocycles. The molecule has 204 valence electrons. The lowest BCUT2D eigenvalue weighted by Gasteiger charge is -2.52. The first-order valence-corrected chi connectivity index (χ1v) is 14.1. The van der Waals surface area contributed by atoms with E-state index in [1.165, 1.54) is 0 Å². The molecule has 2 bridgehead atoms. The second-order valence-corrected chi connectivity index (χ2v) is 13.7. The van der Waals surface area contributed by atoms with Crippen LogP contribution in [0.2, 0.25) is 10.0 Å². The molecule has 2 saturated carbocycles. The van der Waals surface area contributed by atoms with E-state index in [-0.39, 0.29) is 45.2 Å². The lowest BCUT2D eigenvalue weighted by molar-refractivity contribution is -0.302. The number of ether oxygens (including phenoxy) is 3. The largest absolute Gasteiger partial charge is 0.451 e. The number of halogens is 2. The van der Waals surface area contributed by atoms with E-state index in [9.17, 15) is 14.7 Å². The van der Waals surface area contributed by atoms with E-state index in [1.54, 1.807) is 39.0 Å². The SMILES string of the molecule is CC1=C[C@]23C(=O)[C@@H](C=C4COC(C)(C)O[C@H]4[C@]2(O)[C@H]1OC(=O)c1c(Cl)cccc1Cl)[C@H]1[C@@H](C[C@H]3C)C1(C)C. The fraction of sp³-hybridized carbons (Fsp3) is 0.600. The molecule has 1 spiro atoms. The monoisotopic (exact) mass is 560 g/mol. The van der Waals surface area contributed by atoms with Gasteiger partial charge in [-0.25, -0.2) is 4.79 Å². The van der Waals surface area contributed by atoms with E-state index in [1.807, 2.05) is 19.1 Å². The Kier molecular flexibility index (Phi) is 5.70. The minimum absolute atomic E-state index is 0.0187. The second-order valence-electron chi connectivity index (χ2n) is 12.9. The van der Waals surface area contributed by atoms with Crippen molar-refractivity contribution in [3.8, 4) is 0 Å². The maximum atomic E-state index is 14.7. The summed E-state index contributed by atoms with van der Waals surface area (Å²) >= 11 is 12.6. The fourth-order valence-electron chi connectivity index (χ4n) is 8.16. The molecule has 1 aromatic rings. The third-order valence-electron chi connectivity index (χ3n) is 10.1. The number of fused-ring (bicyclic) bond motifs is 5. The zero-order chi connectivity index (χ0) is 27.6. The third-order valence-corrected chi connectivity index (χ3v) is 10.7. The molecule has 8 atom stereocenters. The predicted molar refractivity (Wildman–Crippen MR) is 143 cm³/mol. The number of carbonyl (C=O) groups excluding carboxylic acids is 2. The standard InChI is InChI=1S/C30H34Cl2O6/c1-14-12-29-15(2)10-18-22(27(18,3)4)17(23(29)33)11-16-13-36-28(5,6)38-25(16)30(29,35)24(14)37-26(34)21-19(31)8-7-9-20(21)32/h7-9,11-12,15,17-18,22,24-25,35H,10,13H2,1-6H3/t15-,17+,18-,22+,24+,25-,29+,30-/m1/s1. The Bertz CT molecular complexity index is 1290. The van der Waals surface area contributed by atoms with Crippen molar-refractivity contribution >= 4 is 35.0 Å². The van der Waals surface area contributed by atoms with Gasteiger partial charge in [0.1, 0.15) is 6.10 Å². The minimum Gasteiger partial charge on any atom is -0.451 e. The number of carbonyl (C=O) groups is 2. The maximum Gasteiger partial charge on any atom is 0.341 e. The Hall–Kier alpha value is -1.70. The van der Waals surface area contributed by atoms with Gasteiger partial charge in [-0.1, -0.05) is 62.2 Å². The highest BCUT2D eigenvalue weighted by atomic mass is 35.5. The topological polar surface area (TPSA) is 82.1 Å². The van der Waals surface area contributed by atoms with Crippen LogP contribution in [-0.4, -0.2) is 47.1 Å². The second kappa shape index (κ2) is 8.17. The average molecular weight is 562 g/mol. The number of aliphatic hydroxyl groups is 1. The zero-order valence-electron chi connectivity index (χ0n) is 22.5. The van der Waals surface area contributed by atoms with E-state index < -0.39 is 40.9 Å². The molecule has 8 heteroatoms. The van der Waals surface area contributed by atoms with E-state index >= 15 is 0 Å². The van der Waals surface area contributed by atoms with Crippen LogP contribution in [-0.2, 0) is 19.0 Å². The molecule has 1 aliphatic heterocycles. The Balaban J connectivity index is 1.53. The van der Waals surface area contributed by atoms with Crippen molar-refractivity contribution in [1.29, 1.82) is 0 Å². The zero-order valence-corrected chi connectivity index (χ0v) is 24.0. The summed E-state index contributed by atoms with van der Waals surface area (Å²) in [6.07, 6.45) is 2.54. The van der Waals surface area contributed by atoms with Gasteiger partial charge in [0.05, 0.1) is 27.6 Å². The van der Waals surface area contributed by atoms with Gasteiger partial charge in [0.15, 0.2) is 23.3 Å². The Morgan fingerprint density at radius 1 is 1.16 bits per heavy atom. The number of hydrogen-bond donors (Lipinski definition) is 1. The van der Waals surface area contributed by atoms with E-state index in [2.05, 4.69) is 13.8 Å². The highest BCUT2D eigenvalue weighted by molar-refractivity contribution is 6.39. The number of rotatable bonds is 2. The van der Waals surface area contributed by atoms with Crippen LogP contribution in [0, 0.1) is 34.5 Å². The Morgan fingerprint density at radius 2 is 1.82 bits per heavy atom. The van der Waals surface area contributed by atoms with Crippen molar-refractivity contribution in [2.75, 3.05) is 6.61 Å². The third kappa shape index (κ3) is 3.30. The fourth-order valence-corrected chi connectivity index (χ4v) is 8.71. The van der Waals surface area contributed by atoms with Crippen LogP contribution in [0.15, 0.2) is 41.5 Å². The van der Waals surface area contributed by atoms with Crippen LogP contribution in [0.3, 0.4) is 0 Å². The maximum absolute atomic E-state index is 14.7.